The normalized spacial score (nSPS) is 23.9. The number of carbonyl (C=O) groups excluding carboxylic acids is 4. The molecule has 6 fully saturated rings. The first-order valence-corrected chi connectivity index (χ1v) is 24.8. The van der Waals surface area contributed by atoms with E-state index in [1.54, 1.807) is 29.3 Å². The van der Waals surface area contributed by atoms with E-state index in [9.17, 15) is 24.3 Å². The molecule has 2 aromatic heterocycles. The number of aromatic nitrogens is 3. The van der Waals surface area contributed by atoms with Gasteiger partial charge in [0.05, 0.1) is 18.5 Å². The Morgan fingerprint density at radius 3 is 2.43 bits per heavy atom. The number of benzene rings is 3. The molecule has 1 aliphatic carbocycles. The first-order valence-electron chi connectivity index (χ1n) is 24.8. The number of imide groups is 1. The van der Waals surface area contributed by atoms with Gasteiger partial charge in [0.25, 0.3) is 5.91 Å². The van der Waals surface area contributed by atoms with E-state index in [-0.39, 0.29) is 65.1 Å². The molecule has 69 heavy (non-hydrogen) atoms. The molecule has 1 saturated carbocycles. The van der Waals surface area contributed by atoms with Gasteiger partial charge in [0.1, 0.15) is 28.8 Å². The number of amides is 4. The van der Waals surface area contributed by atoms with E-state index in [0.717, 1.165) is 105 Å². The Labute approximate surface area is 399 Å². The fraction of sp³-hybridized carbons (Fsp3) is 0.481. The number of ether oxygens (including phenoxy) is 1. The van der Waals surface area contributed by atoms with Crippen molar-refractivity contribution in [3.8, 4) is 23.0 Å². The lowest BCUT2D eigenvalue weighted by atomic mass is 9.95. The topological polar surface area (TPSA) is 177 Å². The molecule has 358 valence electrons. The van der Waals surface area contributed by atoms with Crippen molar-refractivity contribution in [2.75, 3.05) is 68.8 Å². The number of nitrogens with zero attached hydrogens (tertiary/aromatic N) is 8. The largest absolute Gasteiger partial charge is 0.508 e. The zero-order chi connectivity index (χ0) is 47.1. The van der Waals surface area contributed by atoms with Crippen LogP contribution in [0.3, 0.4) is 0 Å². The molecule has 0 spiro atoms. The van der Waals surface area contributed by atoms with Crippen molar-refractivity contribution in [2.45, 2.75) is 95.4 Å². The van der Waals surface area contributed by atoms with E-state index in [0.29, 0.717) is 67.1 Å². The van der Waals surface area contributed by atoms with Gasteiger partial charge in [-0.2, -0.15) is 9.97 Å². The minimum Gasteiger partial charge on any atom is -0.508 e. The maximum atomic E-state index is 17.2. The van der Waals surface area contributed by atoms with Gasteiger partial charge in [0.15, 0.2) is 5.82 Å². The maximum absolute atomic E-state index is 17.2. The number of aryl methyl sites for hydroxylation is 1. The zero-order valence-electron chi connectivity index (χ0n) is 38.9. The lowest BCUT2D eigenvalue weighted by Crippen LogP contribution is -2.56. The van der Waals surface area contributed by atoms with E-state index >= 15 is 4.39 Å². The Bertz CT molecular complexity index is 2930. The van der Waals surface area contributed by atoms with Crippen molar-refractivity contribution < 1.29 is 33.4 Å². The molecular formula is C52H57FN10O6. The van der Waals surface area contributed by atoms with Crippen molar-refractivity contribution in [3.05, 3.63) is 77.2 Å². The van der Waals surface area contributed by atoms with Crippen LogP contribution in [0, 0.1) is 11.2 Å². The number of nitrogens with one attached hydrogen (secondary N) is 2. The molecule has 3 aromatic carbocycles. The zero-order valence-corrected chi connectivity index (χ0v) is 38.9. The molecule has 5 saturated heterocycles. The number of piperazine rings is 2. The monoisotopic (exact) mass is 936 g/mol. The average molecular weight is 937 g/mol. The van der Waals surface area contributed by atoms with Crippen LogP contribution in [0.1, 0.15) is 79.8 Å². The molecule has 7 aliphatic rings. The number of aromatic hydroxyl groups is 1. The number of rotatable bonds is 11. The molecule has 6 aliphatic heterocycles. The van der Waals surface area contributed by atoms with Gasteiger partial charge >= 0.3 is 6.01 Å². The van der Waals surface area contributed by atoms with Crippen LogP contribution in [0.5, 0.6) is 11.8 Å². The predicted molar refractivity (Wildman–Crippen MR) is 256 cm³/mol. The lowest BCUT2D eigenvalue weighted by molar-refractivity contribution is -0.137. The van der Waals surface area contributed by atoms with Gasteiger partial charge in [-0.1, -0.05) is 25.1 Å². The van der Waals surface area contributed by atoms with Crippen LogP contribution in [-0.2, 0) is 27.3 Å². The summed E-state index contributed by atoms with van der Waals surface area (Å²) in [5.74, 6) is -0.757. The lowest BCUT2D eigenvalue weighted by Gasteiger charge is -2.43. The van der Waals surface area contributed by atoms with Crippen LogP contribution in [0.2, 0.25) is 0 Å². The quantitative estimate of drug-likeness (QED) is 0.152. The highest BCUT2D eigenvalue weighted by Gasteiger charge is 2.46. The van der Waals surface area contributed by atoms with Crippen molar-refractivity contribution in [3.63, 3.8) is 0 Å². The molecule has 3 atom stereocenters. The summed E-state index contributed by atoms with van der Waals surface area (Å²) in [7, 11) is 0. The number of pyridine rings is 1. The van der Waals surface area contributed by atoms with E-state index in [1.165, 1.54) is 0 Å². The number of hydrogen-bond acceptors (Lipinski definition) is 13. The van der Waals surface area contributed by atoms with Crippen LogP contribution in [0.4, 0.5) is 15.9 Å². The Kier molecular flexibility index (Phi) is 10.9. The van der Waals surface area contributed by atoms with Gasteiger partial charge in [0.2, 0.25) is 17.7 Å². The highest BCUT2D eigenvalue weighted by molar-refractivity contribution is 6.06. The molecule has 8 heterocycles. The van der Waals surface area contributed by atoms with E-state index in [4.69, 9.17) is 19.7 Å². The molecule has 17 heteroatoms. The van der Waals surface area contributed by atoms with Gasteiger partial charge in [-0.15, -0.1) is 0 Å². The Hall–Kier alpha value is -6.46. The predicted octanol–water partition coefficient (Wildman–Crippen LogP) is 4.93. The third-order valence-electron chi connectivity index (χ3n) is 16.0. The number of piperidine rings is 2. The van der Waals surface area contributed by atoms with Crippen LogP contribution in [0.25, 0.3) is 32.9 Å². The second-order valence-corrected chi connectivity index (χ2v) is 20.5. The third kappa shape index (κ3) is 8.06. The SMILES string of the molecule is CCc1cccc2cc(O)cc(-c3ncc4c(N5CC6CCC(C5)N6)nc(OCC5(CN6CCC(N7CCN(c8ccc9c(c8)CN(C8CCC(=O)NC8=O)C9=O)CC7=O)CC6)CC5)nc4c3F)c12. The van der Waals surface area contributed by atoms with Crippen LogP contribution in [-0.4, -0.2) is 142 Å². The number of anilines is 2. The number of fused-ring (bicyclic) bond motifs is 5. The fourth-order valence-electron chi connectivity index (χ4n) is 12.1. The summed E-state index contributed by atoms with van der Waals surface area (Å²) in [6, 6.07) is 15.1. The summed E-state index contributed by atoms with van der Waals surface area (Å²) in [6.07, 6.45) is 8.88. The number of hydrogen-bond donors (Lipinski definition) is 3. The number of phenols is 1. The molecule has 5 aromatic rings. The molecule has 4 amide bonds. The smallest absolute Gasteiger partial charge is 0.319 e. The Balaban J connectivity index is 0.705. The Morgan fingerprint density at radius 2 is 1.68 bits per heavy atom. The highest BCUT2D eigenvalue weighted by atomic mass is 19.1. The number of carbonyl (C=O) groups is 4. The van der Waals surface area contributed by atoms with Crippen molar-refractivity contribution in [1.29, 1.82) is 0 Å². The van der Waals surface area contributed by atoms with Gasteiger partial charge in [0, 0.05) is 105 Å². The van der Waals surface area contributed by atoms with Crippen LogP contribution < -0.4 is 25.2 Å². The van der Waals surface area contributed by atoms with Crippen molar-refractivity contribution in [2.24, 2.45) is 5.41 Å². The summed E-state index contributed by atoms with van der Waals surface area (Å²) in [4.78, 5) is 76.1. The van der Waals surface area contributed by atoms with Crippen LogP contribution >= 0.6 is 0 Å². The summed E-state index contributed by atoms with van der Waals surface area (Å²) in [6.45, 7) is 8.41. The molecule has 16 nitrogen and oxygen atoms in total. The van der Waals surface area contributed by atoms with Gasteiger partial charge in [-0.25, -0.2) is 4.39 Å². The molecular weight excluding hydrogens is 880 g/mol. The second kappa shape index (κ2) is 17.2. The minimum absolute atomic E-state index is 0.0403. The van der Waals surface area contributed by atoms with E-state index in [1.807, 2.05) is 30.3 Å². The minimum atomic E-state index is -0.670. The molecule has 3 unspecified atom stereocenters. The highest BCUT2D eigenvalue weighted by Crippen LogP contribution is 2.47. The summed E-state index contributed by atoms with van der Waals surface area (Å²) >= 11 is 0. The van der Waals surface area contributed by atoms with Gasteiger partial charge in [-0.3, -0.25) is 29.5 Å². The molecule has 3 N–H and O–H groups in total. The van der Waals surface area contributed by atoms with Crippen molar-refractivity contribution >= 4 is 56.8 Å². The number of likely N-dealkylation sites (tertiary alicyclic amines) is 1. The van der Waals surface area contributed by atoms with Gasteiger partial charge < -0.3 is 39.7 Å². The first kappa shape index (κ1) is 43.8. The first-order chi connectivity index (χ1) is 33.5. The molecule has 2 bridgehead atoms. The van der Waals surface area contributed by atoms with E-state index in [2.05, 4.69) is 37.2 Å². The summed E-state index contributed by atoms with van der Waals surface area (Å²) in [5, 5.41) is 19.0. The maximum Gasteiger partial charge on any atom is 0.319 e. The summed E-state index contributed by atoms with van der Waals surface area (Å²) in [5.41, 5.74) is 4.04. The van der Waals surface area contributed by atoms with Gasteiger partial charge in [-0.05, 0) is 104 Å². The fourth-order valence-corrected chi connectivity index (χ4v) is 12.1. The third-order valence-corrected chi connectivity index (χ3v) is 16.0. The summed E-state index contributed by atoms with van der Waals surface area (Å²) < 4.78 is 23.7. The second-order valence-electron chi connectivity index (χ2n) is 20.5. The molecule has 0 radical (unpaired) electrons. The number of phenolic OH excluding ortho intramolecular Hbond substituents is 1. The van der Waals surface area contributed by atoms with Crippen LogP contribution in [0.15, 0.2) is 54.7 Å². The van der Waals surface area contributed by atoms with Crippen molar-refractivity contribution in [1.82, 2.24) is 40.3 Å². The average Bonchev–Trinajstić information content (AvgIpc) is 3.93. The standard InChI is InChI=1S/C52H57FN10O6/c1-2-30-4-3-5-31-21-37(64)22-39(44(30)31)46-45(53)47-40(23-54-46)48(61-25-33-6-7-34(26-61)55-33)58-51(57-47)69-29-52(14-15-52)28-59-16-12-35(13-17-59)62-19-18-60(27-43(62)66)36-8-9-38-32(20-36)24-63(50(38)68)41-10-11-42(65)56-49(41)67/h3-5,8-9,20-23,33-35,41,55,64H,2,6-7,10-19,24-29H2,1H3,(H,56,65,67). The number of halogens is 1. The Morgan fingerprint density at radius 1 is 0.870 bits per heavy atom. The van der Waals surface area contributed by atoms with E-state index < -0.39 is 17.8 Å². The molecule has 12 rings (SSSR count).